The van der Waals surface area contributed by atoms with Crippen molar-refractivity contribution in [2.24, 2.45) is 5.84 Å². The fourth-order valence-corrected chi connectivity index (χ4v) is 4.29. The van der Waals surface area contributed by atoms with Gasteiger partial charge in [-0.1, -0.05) is 25.0 Å². The first-order chi connectivity index (χ1) is 10.2. The monoisotopic (exact) mass is 291 g/mol. The number of nitrogens with one attached hydrogen (secondary N) is 1. The van der Waals surface area contributed by atoms with Gasteiger partial charge in [0.15, 0.2) is 0 Å². The largest absolute Gasteiger partial charge is 0.296 e. The van der Waals surface area contributed by atoms with Crippen LogP contribution in [0.4, 0.5) is 4.39 Å². The number of hydrogen-bond acceptors (Lipinski definition) is 3. The van der Waals surface area contributed by atoms with Gasteiger partial charge in [0.2, 0.25) is 0 Å². The molecule has 3 nitrogen and oxygen atoms in total. The van der Waals surface area contributed by atoms with E-state index in [4.69, 9.17) is 5.84 Å². The highest BCUT2D eigenvalue weighted by molar-refractivity contribution is 5.19. The summed E-state index contributed by atoms with van der Waals surface area (Å²) in [5.74, 6) is 5.76. The molecule has 4 heteroatoms. The number of hydrazine groups is 1. The second-order valence-corrected chi connectivity index (χ2v) is 6.55. The highest BCUT2D eigenvalue weighted by atomic mass is 19.1. The number of nitrogens with two attached hydrogens (primary N) is 1. The van der Waals surface area contributed by atoms with Crippen molar-refractivity contribution in [2.75, 3.05) is 13.1 Å². The van der Waals surface area contributed by atoms with Crippen molar-refractivity contribution < 1.29 is 4.39 Å². The van der Waals surface area contributed by atoms with E-state index in [0.717, 1.165) is 12.0 Å². The summed E-state index contributed by atoms with van der Waals surface area (Å²) < 4.78 is 13.1. The molecule has 0 radical (unpaired) electrons. The third kappa shape index (κ3) is 2.98. The molecule has 1 unspecified atom stereocenters. The lowest BCUT2D eigenvalue weighted by Crippen LogP contribution is -2.61. The lowest BCUT2D eigenvalue weighted by atomic mass is 9.83. The predicted molar refractivity (Wildman–Crippen MR) is 83.2 cm³/mol. The Labute approximate surface area is 126 Å². The van der Waals surface area contributed by atoms with Crippen molar-refractivity contribution in [1.82, 2.24) is 10.3 Å². The first-order valence-electron chi connectivity index (χ1n) is 8.20. The van der Waals surface area contributed by atoms with Crippen molar-refractivity contribution in [3.63, 3.8) is 0 Å². The molecule has 1 atom stereocenters. The molecule has 116 valence electrons. The van der Waals surface area contributed by atoms with Gasteiger partial charge in [0.05, 0.1) is 0 Å². The summed E-state index contributed by atoms with van der Waals surface area (Å²) in [6.07, 6.45) is 8.50. The molecular weight excluding hydrogens is 265 g/mol. The highest BCUT2D eigenvalue weighted by Gasteiger charge is 2.46. The van der Waals surface area contributed by atoms with Crippen LogP contribution >= 0.6 is 0 Å². The number of likely N-dealkylation sites (tertiary alicyclic amines) is 1. The maximum atomic E-state index is 13.1. The van der Waals surface area contributed by atoms with Crippen molar-refractivity contribution in [3.05, 3.63) is 35.6 Å². The van der Waals surface area contributed by atoms with E-state index in [2.05, 4.69) is 10.3 Å². The molecule has 21 heavy (non-hydrogen) atoms. The van der Waals surface area contributed by atoms with E-state index in [9.17, 15) is 4.39 Å². The normalized spacial score (nSPS) is 23.5. The van der Waals surface area contributed by atoms with Crippen LogP contribution in [0.1, 0.15) is 44.1 Å². The minimum Gasteiger partial charge on any atom is -0.296 e. The van der Waals surface area contributed by atoms with Gasteiger partial charge in [0.25, 0.3) is 0 Å². The number of nitrogens with zero attached hydrogens (tertiary/aromatic N) is 1. The fourth-order valence-electron chi connectivity index (χ4n) is 4.29. The smallest absolute Gasteiger partial charge is 0.123 e. The second kappa shape index (κ2) is 6.42. The topological polar surface area (TPSA) is 41.3 Å². The summed E-state index contributed by atoms with van der Waals surface area (Å²) in [6.45, 7) is 2.39. The standard InChI is InChI=1S/C17H26FN3/c18-15-7-5-14(6-8-15)13-16(20-19)17(9-1-2-10-17)21-11-3-4-12-21/h5-8,16,20H,1-4,9-13,19H2. The van der Waals surface area contributed by atoms with E-state index in [-0.39, 0.29) is 17.4 Å². The Morgan fingerprint density at radius 3 is 2.29 bits per heavy atom. The zero-order valence-electron chi connectivity index (χ0n) is 12.7. The third-order valence-corrected chi connectivity index (χ3v) is 5.41. The third-order valence-electron chi connectivity index (χ3n) is 5.41. The maximum absolute atomic E-state index is 13.1. The quantitative estimate of drug-likeness (QED) is 0.647. The highest BCUT2D eigenvalue weighted by Crippen LogP contribution is 2.40. The van der Waals surface area contributed by atoms with Crippen LogP contribution in [0.15, 0.2) is 24.3 Å². The average molecular weight is 291 g/mol. The molecule has 1 saturated carbocycles. The van der Waals surface area contributed by atoms with Gasteiger partial charge >= 0.3 is 0 Å². The zero-order valence-corrected chi connectivity index (χ0v) is 12.7. The van der Waals surface area contributed by atoms with Crippen LogP contribution in [0, 0.1) is 5.82 Å². The number of benzene rings is 1. The van der Waals surface area contributed by atoms with Crippen LogP contribution in [-0.4, -0.2) is 29.6 Å². The molecule has 2 fully saturated rings. The lowest BCUT2D eigenvalue weighted by Gasteiger charge is -2.45. The minimum atomic E-state index is -0.175. The van der Waals surface area contributed by atoms with Gasteiger partial charge in [-0.3, -0.25) is 16.2 Å². The van der Waals surface area contributed by atoms with Crippen LogP contribution in [0.25, 0.3) is 0 Å². The average Bonchev–Trinajstić information content (AvgIpc) is 3.18. The molecular formula is C17H26FN3. The van der Waals surface area contributed by atoms with Crippen LogP contribution in [0.5, 0.6) is 0 Å². The summed E-state index contributed by atoms with van der Waals surface area (Å²) >= 11 is 0. The summed E-state index contributed by atoms with van der Waals surface area (Å²) in [5.41, 5.74) is 4.44. The molecule has 0 aromatic heterocycles. The Morgan fingerprint density at radius 1 is 1.10 bits per heavy atom. The Morgan fingerprint density at radius 2 is 1.71 bits per heavy atom. The molecule has 1 heterocycles. The maximum Gasteiger partial charge on any atom is 0.123 e. The Hall–Kier alpha value is -0.970. The Kier molecular flexibility index (Phi) is 4.57. The van der Waals surface area contributed by atoms with Gasteiger partial charge < -0.3 is 0 Å². The summed E-state index contributed by atoms with van der Waals surface area (Å²) in [4.78, 5) is 2.66. The van der Waals surface area contributed by atoms with Gasteiger partial charge in [-0.05, 0) is 62.9 Å². The number of halogens is 1. The first-order valence-corrected chi connectivity index (χ1v) is 8.20. The van der Waals surface area contributed by atoms with E-state index < -0.39 is 0 Å². The fraction of sp³-hybridized carbons (Fsp3) is 0.647. The van der Waals surface area contributed by atoms with Crippen LogP contribution in [-0.2, 0) is 6.42 Å². The van der Waals surface area contributed by atoms with E-state index in [1.54, 1.807) is 12.1 Å². The molecule has 1 saturated heterocycles. The van der Waals surface area contributed by atoms with Crippen LogP contribution in [0.2, 0.25) is 0 Å². The van der Waals surface area contributed by atoms with Gasteiger partial charge in [0.1, 0.15) is 5.82 Å². The van der Waals surface area contributed by atoms with Crippen molar-refractivity contribution in [3.8, 4) is 0 Å². The van der Waals surface area contributed by atoms with E-state index in [1.165, 1.54) is 51.6 Å². The van der Waals surface area contributed by atoms with Gasteiger partial charge in [-0.2, -0.15) is 0 Å². The number of hydrogen-bond donors (Lipinski definition) is 2. The summed E-state index contributed by atoms with van der Waals surface area (Å²) in [7, 11) is 0. The summed E-state index contributed by atoms with van der Waals surface area (Å²) in [5, 5.41) is 0. The number of rotatable bonds is 5. The van der Waals surface area contributed by atoms with E-state index >= 15 is 0 Å². The van der Waals surface area contributed by atoms with Gasteiger partial charge in [-0.25, -0.2) is 4.39 Å². The molecule has 1 aliphatic carbocycles. The second-order valence-electron chi connectivity index (χ2n) is 6.55. The van der Waals surface area contributed by atoms with E-state index in [0.29, 0.717) is 0 Å². The first kappa shape index (κ1) is 14.9. The molecule has 1 aromatic carbocycles. The predicted octanol–water partition coefficient (Wildman–Crippen LogP) is 2.61. The van der Waals surface area contributed by atoms with Crippen molar-refractivity contribution >= 4 is 0 Å². The summed E-state index contributed by atoms with van der Waals surface area (Å²) in [6, 6.07) is 7.09. The molecule has 3 N–H and O–H groups in total. The minimum absolute atomic E-state index is 0.175. The zero-order chi connectivity index (χ0) is 14.7. The molecule has 0 amide bonds. The molecule has 0 spiro atoms. The van der Waals surface area contributed by atoms with Crippen molar-refractivity contribution in [1.29, 1.82) is 0 Å². The van der Waals surface area contributed by atoms with E-state index in [1.807, 2.05) is 12.1 Å². The van der Waals surface area contributed by atoms with Gasteiger partial charge in [0, 0.05) is 11.6 Å². The molecule has 0 bridgehead atoms. The van der Waals surface area contributed by atoms with Crippen molar-refractivity contribution in [2.45, 2.75) is 56.5 Å². The molecule has 2 aliphatic rings. The molecule has 1 aliphatic heterocycles. The molecule has 1 aromatic rings. The molecule has 3 rings (SSSR count). The van der Waals surface area contributed by atoms with Gasteiger partial charge in [-0.15, -0.1) is 0 Å². The SMILES string of the molecule is NNC(Cc1ccc(F)cc1)C1(N2CCCC2)CCCC1. The lowest BCUT2D eigenvalue weighted by molar-refractivity contribution is 0.0766. The Balaban J connectivity index is 1.80. The Bertz CT molecular complexity index is 448. The van der Waals surface area contributed by atoms with Crippen LogP contribution in [0.3, 0.4) is 0 Å². The van der Waals surface area contributed by atoms with Crippen LogP contribution < -0.4 is 11.3 Å².